The van der Waals surface area contributed by atoms with Gasteiger partial charge in [-0.2, -0.15) is 0 Å². The molecule has 0 amide bonds. The van der Waals surface area contributed by atoms with E-state index in [1.54, 1.807) is 0 Å². The first kappa shape index (κ1) is 26.4. The van der Waals surface area contributed by atoms with Crippen LogP contribution in [-0.4, -0.2) is 29.1 Å². The minimum atomic E-state index is 0.643. The van der Waals surface area contributed by atoms with Gasteiger partial charge >= 0.3 is 0 Å². The lowest BCUT2D eigenvalue weighted by Crippen LogP contribution is -2.39. The van der Waals surface area contributed by atoms with Gasteiger partial charge in [-0.05, 0) is 25.7 Å². The van der Waals surface area contributed by atoms with Crippen LogP contribution < -0.4 is 0 Å². The van der Waals surface area contributed by atoms with Gasteiger partial charge < -0.3 is 9.80 Å². The first-order valence-corrected chi connectivity index (χ1v) is 13.5. The Kier molecular flexibility index (Phi) is 17.6. The molecule has 0 bridgehead atoms. The molecule has 2 heteroatoms. The second-order valence-electron chi connectivity index (χ2n) is 9.35. The summed E-state index contributed by atoms with van der Waals surface area (Å²) >= 11 is 0. The van der Waals surface area contributed by atoms with Crippen LogP contribution in [0.2, 0.25) is 0 Å². The number of hydrogen-bond donors (Lipinski definition) is 0. The molecule has 0 fully saturated rings. The first-order valence-electron chi connectivity index (χ1n) is 13.5. The Hall–Kier alpha value is -0.660. The van der Waals surface area contributed by atoms with E-state index in [0.29, 0.717) is 6.17 Å². The van der Waals surface area contributed by atoms with Crippen molar-refractivity contribution in [2.45, 2.75) is 149 Å². The third kappa shape index (κ3) is 13.3. The molecule has 2 nitrogen and oxygen atoms in total. The highest BCUT2D eigenvalue weighted by Gasteiger charge is 2.24. The van der Waals surface area contributed by atoms with Crippen LogP contribution >= 0.6 is 0 Å². The molecule has 0 N–H and O–H groups in total. The highest BCUT2D eigenvalue weighted by atomic mass is 15.4. The van der Waals surface area contributed by atoms with Crippen molar-refractivity contribution in [2.75, 3.05) is 13.1 Å². The molecule has 1 heterocycles. The lowest BCUT2D eigenvalue weighted by atomic mass is 10.1. The predicted molar refractivity (Wildman–Crippen MR) is 131 cm³/mol. The van der Waals surface area contributed by atoms with Gasteiger partial charge in [0.1, 0.15) is 6.17 Å². The number of unbranched alkanes of at least 4 members (excludes halogenated alkanes) is 15. The van der Waals surface area contributed by atoms with Crippen molar-refractivity contribution in [2.24, 2.45) is 0 Å². The average molecular weight is 407 g/mol. The van der Waals surface area contributed by atoms with E-state index in [4.69, 9.17) is 0 Å². The summed E-state index contributed by atoms with van der Waals surface area (Å²) in [5, 5.41) is 0. The van der Waals surface area contributed by atoms with Crippen LogP contribution in [-0.2, 0) is 0 Å². The van der Waals surface area contributed by atoms with Gasteiger partial charge in [-0.25, -0.2) is 0 Å². The van der Waals surface area contributed by atoms with Crippen molar-refractivity contribution in [3.8, 4) is 0 Å². The third-order valence-corrected chi connectivity index (χ3v) is 6.53. The lowest BCUT2D eigenvalue weighted by molar-refractivity contribution is 0.137. The van der Waals surface area contributed by atoms with Crippen molar-refractivity contribution in [1.29, 1.82) is 0 Å². The topological polar surface area (TPSA) is 6.48 Å². The summed E-state index contributed by atoms with van der Waals surface area (Å²) in [6.07, 6.45) is 32.2. The second-order valence-corrected chi connectivity index (χ2v) is 9.35. The Balaban J connectivity index is 2.12. The van der Waals surface area contributed by atoms with Gasteiger partial charge in [0.15, 0.2) is 0 Å². The van der Waals surface area contributed by atoms with Crippen LogP contribution in [0.25, 0.3) is 0 Å². The molecule has 0 spiro atoms. The molecule has 1 rings (SSSR count). The highest BCUT2D eigenvalue weighted by Crippen LogP contribution is 2.23. The van der Waals surface area contributed by atoms with E-state index < -0.39 is 0 Å². The second kappa shape index (κ2) is 19.3. The average Bonchev–Trinajstić information content (AvgIpc) is 3.10. The normalized spacial score (nSPS) is 16.3. The van der Waals surface area contributed by atoms with Crippen molar-refractivity contribution >= 4 is 0 Å². The molecule has 0 aromatic rings. The molecule has 172 valence electrons. The fourth-order valence-corrected chi connectivity index (χ4v) is 4.66. The number of rotatable bonds is 21. The Morgan fingerprint density at radius 3 is 1.34 bits per heavy atom. The zero-order valence-corrected chi connectivity index (χ0v) is 20.5. The Morgan fingerprint density at radius 1 is 0.448 bits per heavy atom. The highest BCUT2D eigenvalue weighted by molar-refractivity contribution is 4.96. The first-order chi connectivity index (χ1) is 14.3. The summed E-state index contributed by atoms with van der Waals surface area (Å²) in [4.78, 5) is 5.25. The fourth-order valence-electron chi connectivity index (χ4n) is 4.66. The van der Waals surface area contributed by atoms with Gasteiger partial charge in [-0.3, -0.25) is 0 Å². The predicted octanol–water partition coefficient (Wildman–Crippen LogP) is 8.87. The molecule has 1 aliphatic rings. The van der Waals surface area contributed by atoms with Crippen LogP contribution in [0.1, 0.15) is 143 Å². The molecular weight excluding hydrogens is 352 g/mol. The number of nitrogens with zero attached hydrogens (tertiary/aromatic N) is 2. The molecule has 0 aromatic carbocycles. The maximum absolute atomic E-state index is 2.65. The van der Waals surface area contributed by atoms with Gasteiger partial charge in [-0.1, -0.05) is 117 Å². The van der Waals surface area contributed by atoms with Gasteiger partial charge in [0.25, 0.3) is 0 Å². The van der Waals surface area contributed by atoms with Gasteiger partial charge in [0, 0.05) is 25.5 Å². The molecule has 0 aliphatic carbocycles. The monoisotopic (exact) mass is 406 g/mol. The minimum Gasteiger partial charge on any atom is -0.356 e. The van der Waals surface area contributed by atoms with E-state index in [1.165, 1.54) is 135 Å². The molecular formula is C27H54N2. The third-order valence-electron chi connectivity index (χ3n) is 6.53. The van der Waals surface area contributed by atoms with E-state index in [1.807, 2.05) is 0 Å². The van der Waals surface area contributed by atoms with Crippen LogP contribution in [0.3, 0.4) is 0 Å². The van der Waals surface area contributed by atoms with Gasteiger partial charge in [-0.15, -0.1) is 0 Å². The zero-order valence-electron chi connectivity index (χ0n) is 20.5. The molecule has 0 saturated heterocycles. The van der Waals surface area contributed by atoms with Crippen LogP contribution in [0, 0.1) is 0 Å². The zero-order chi connectivity index (χ0) is 21.0. The van der Waals surface area contributed by atoms with Crippen molar-refractivity contribution in [1.82, 2.24) is 9.80 Å². The lowest BCUT2D eigenvalue weighted by Gasteiger charge is -2.33. The van der Waals surface area contributed by atoms with Crippen LogP contribution in [0.4, 0.5) is 0 Å². The molecule has 0 aromatic heterocycles. The van der Waals surface area contributed by atoms with Crippen molar-refractivity contribution in [3.63, 3.8) is 0 Å². The van der Waals surface area contributed by atoms with E-state index in [2.05, 4.69) is 43.0 Å². The van der Waals surface area contributed by atoms with E-state index in [9.17, 15) is 0 Å². The maximum atomic E-state index is 2.65. The molecule has 0 saturated carbocycles. The summed E-state index contributed by atoms with van der Waals surface area (Å²) < 4.78 is 0. The number of hydrogen-bond acceptors (Lipinski definition) is 2. The fraction of sp³-hybridized carbons (Fsp3) is 0.926. The Bertz CT molecular complexity index is 366. The van der Waals surface area contributed by atoms with E-state index in [0.717, 1.165) is 0 Å². The summed E-state index contributed by atoms with van der Waals surface area (Å²) in [5.41, 5.74) is 0. The summed E-state index contributed by atoms with van der Waals surface area (Å²) in [7, 11) is 0. The Labute approximate surface area is 184 Å². The smallest absolute Gasteiger partial charge is 0.101 e. The molecule has 1 atom stereocenters. The summed E-state index contributed by atoms with van der Waals surface area (Å²) in [6.45, 7) is 9.39. The molecule has 1 unspecified atom stereocenters. The molecule has 0 radical (unpaired) electrons. The SMILES string of the molecule is CCCCCCCCCCCCN1C=CN(CCC)C1CCCCCCCCC. The Morgan fingerprint density at radius 2 is 0.862 bits per heavy atom. The molecule has 1 aliphatic heterocycles. The van der Waals surface area contributed by atoms with E-state index >= 15 is 0 Å². The molecule has 29 heavy (non-hydrogen) atoms. The van der Waals surface area contributed by atoms with Gasteiger partial charge in [0.05, 0.1) is 0 Å². The van der Waals surface area contributed by atoms with Crippen LogP contribution in [0.15, 0.2) is 12.4 Å². The van der Waals surface area contributed by atoms with Crippen LogP contribution in [0.5, 0.6) is 0 Å². The largest absolute Gasteiger partial charge is 0.356 e. The van der Waals surface area contributed by atoms with Gasteiger partial charge in [0.2, 0.25) is 0 Å². The summed E-state index contributed by atoms with van der Waals surface area (Å²) in [5.74, 6) is 0. The quantitative estimate of drug-likeness (QED) is 0.176. The van der Waals surface area contributed by atoms with Crippen molar-refractivity contribution in [3.05, 3.63) is 12.4 Å². The summed E-state index contributed by atoms with van der Waals surface area (Å²) in [6, 6.07) is 0. The minimum absolute atomic E-state index is 0.643. The maximum Gasteiger partial charge on any atom is 0.101 e. The van der Waals surface area contributed by atoms with Crippen molar-refractivity contribution < 1.29 is 0 Å². The standard InChI is InChI=1S/C27H54N2/c1-4-7-9-11-13-14-15-17-19-21-24-29-26-25-28(23-6-3)27(29)22-20-18-16-12-10-8-5-2/h25-27H,4-24H2,1-3H3. The van der Waals surface area contributed by atoms with E-state index in [-0.39, 0.29) is 0 Å².